The van der Waals surface area contributed by atoms with Crippen LogP contribution in [0.25, 0.3) is 6.08 Å². The summed E-state index contributed by atoms with van der Waals surface area (Å²) in [6, 6.07) is 10.3. The zero-order valence-electron chi connectivity index (χ0n) is 18.7. The molecule has 2 aromatic rings. The first kappa shape index (κ1) is 24.6. The second-order valence-electron chi connectivity index (χ2n) is 7.93. The number of carbonyl (C=O) groups is 3. The highest BCUT2D eigenvalue weighted by Crippen LogP contribution is 2.26. The summed E-state index contributed by atoms with van der Waals surface area (Å²) in [4.78, 5) is 42.3. The molecule has 1 N–H and O–H groups in total. The number of hydrogen-bond donors (Lipinski definition) is 1. The Labute approximate surface area is 210 Å². The molecule has 0 aliphatic carbocycles. The average Bonchev–Trinajstić information content (AvgIpc) is 3.45. The van der Waals surface area contributed by atoms with Gasteiger partial charge in [0.1, 0.15) is 12.6 Å². The number of nitrogens with one attached hydrogen (secondary N) is 1. The Balaban J connectivity index is 1.43. The Morgan fingerprint density at radius 1 is 1.26 bits per heavy atom. The van der Waals surface area contributed by atoms with E-state index in [9.17, 15) is 14.4 Å². The smallest absolute Gasteiger partial charge is 0.253 e. The Bertz CT molecular complexity index is 1070. The number of likely N-dealkylation sites (tertiary alicyclic amines) is 1. The van der Waals surface area contributed by atoms with E-state index in [1.807, 2.05) is 19.1 Å². The maximum Gasteiger partial charge on any atom is 0.253 e. The second-order valence-corrected chi connectivity index (χ2v) is 10.4. The van der Waals surface area contributed by atoms with Gasteiger partial charge in [0.25, 0.3) is 5.91 Å². The van der Waals surface area contributed by atoms with E-state index in [1.54, 1.807) is 40.1 Å². The third-order valence-corrected chi connectivity index (χ3v) is 7.26. The molecule has 2 aliphatic heterocycles. The van der Waals surface area contributed by atoms with Crippen molar-refractivity contribution in [2.45, 2.75) is 25.5 Å². The lowest BCUT2D eigenvalue weighted by molar-refractivity contribution is -0.132. The van der Waals surface area contributed by atoms with Gasteiger partial charge in [-0.25, -0.2) is 0 Å². The number of morpholine rings is 1. The third-order valence-electron chi connectivity index (χ3n) is 5.67. The Morgan fingerprint density at radius 2 is 2.06 bits per heavy atom. The minimum Gasteiger partial charge on any atom is -0.377 e. The predicted molar refractivity (Wildman–Crippen MR) is 135 cm³/mol. The number of thiophene rings is 1. The Kier molecular flexibility index (Phi) is 8.15. The number of anilines is 2. The van der Waals surface area contributed by atoms with Crippen molar-refractivity contribution in [3.63, 3.8) is 0 Å². The largest absolute Gasteiger partial charge is 0.377 e. The van der Waals surface area contributed by atoms with Gasteiger partial charge in [-0.3, -0.25) is 14.4 Å². The summed E-state index contributed by atoms with van der Waals surface area (Å²) in [5.74, 6) is -0.584. The number of ether oxygens (including phenoxy) is 2. The first-order valence-corrected chi connectivity index (χ1v) is 12.7. The summed E-state index contributed by atoms with van der Waals surface area (Å²) in [5, 5.41) is 2.91. The van der Waals surface area contributed by atoms with E-state index < -0.39 is 6.04 Å². The molecule has 34 heavy (non-hydrogen) atoms. The van der Waals surface area contributed by atoms with Gasteiger partial charge in [-0.1, -0.05) is 0 Å². The summed E-state index contributed by atoms with van der Waals surface area (Å²) in [6.07, 6.45) is 3.50. The van der Waals surface area contributed by atoms with Crippen LogP contribution in [-0.2, 0) is 23.9 Å². The fourth-order valence-electron chi connectivity index (χ4n) is 4.05. The third kappa shape index (κ3) is 5.93. The van der Waals surface area contributed by atoms with Gasteiger partial charge in [-0.05, 0) is 65.3 Å². The highest BCUT2D eigenvalue weighted by molar-refractivity contribution is 9.11. The lowest BCUT2D eigenvalue weighted by atomic mass is 10.1. The Hall–Kier alpha value is -2.53. The van der Waals surface area contributed by atoms with Crippen molar-refractivity contribution >= 4 is 62.4 Å². The molecule has 0 radical (unpaired) electrons. The molecule has 1 aromatic heterocycles. The number of amides is 3. The molecule has 1 aromatic carbocycles. The molecule has 2 fully saturated rings. The zero-order valence-corrected chi connectivity index (χ0v) is 21.1. The van der Waals surface area contributed by atoms with Crippen molar-refractivity contribution in [1.82, 2.24) is 4.90 Å². The number of carbonyl (C=O) groups excluding carboxylic acids is 3. The van der Waals surface area contributed by atoms with E-state index in [0.29, 0.717) is 38.4 Å². The Morgan fingerprint density at radius 3 is 2.74 bits per heavy atom. The van der Waals surface area contributed by atoms with E-state index in [0.717, 1.165) is 14.4 Å². The highest BCUT2D eigenvalue weighted by Gasteiger charge is 2.39. The lowest BCUT2D eigenvalue weighted by Gasteiger charge is -2.27. The standard InChI is InChI=1S/C24H26BrN3O5S/c1-2-33-18-13-20(28(14-18)22(29)10-8-19-7-9-21(25)34-19)24(31)26-16-3-5-17(6-4-16)27-11-12-32-15-23(27)30/h3-10,18,20H,2,11-15H2,1H3,(H,26,31)/t18-,20-/m1/s1. The van der Waals surface area contributed by atoms with E-state index in [1.165, 1.54) is 17.4 Å². The number of halogens is 1. The maximum atomic E-state index is 13.1. The second kappa shape index (κ2) is 11.3. The molecule has 8 nitrogen and oxygen atoms in total. The topological polar surface area (TPSA) is 88.2 Å². The molecule has 2 aliphatic rings. The minimum absolute atomic E-state index is 0.0727. The molecule has 180 valence electrons. The van der Waals surface area contributed by atoms with Gasteiger partial charge >= 0.3 is 0 Å². The molecule has 4 rings (SSSR count). The molecule has 0 bridgehead atoms. The van der Waals surface area contributed by atoms with E-state index in [-0.39, 0.29) is 30.4 Å². The van der Waals surface area contributed by atoms with E-state index in [2.05, 4.69) is 21.2 Å². The van der Waals surface area contributed by atoms with Gasteiger partial charge in [0, 0.05) is 48.4 Å². The summed E-state index contributed by atoms with van der Waals surface area (Å²) in [5.41, 5.74) is 1.35. The fourth-order valence-corrected chi connectivity index (χ4v) is 5.38. The van der Waals surface area contributed by atoms with Crippen LogP contribution in [0.1, 0.15) is 18.2 Å². The molecule has 3 amide bonds. The van der Waals surface area contributed by atoms with Crippen molar-refractivity contribution < 1.29 is 23.9 Å². The molecule has 2 saturated heterocycles. The summed E-state index contributed by atoms with van der Waals surface area (Å²) in [7, 11) is 0. The normalized spacial score (nSPS) is 20.8. The predicted octanol–water partition coefficient (Wildman–Crippen LogP) is 3.53. The monoisotopic (exact) mass is 547 g/mol. The number of benzene rings is 1. The first-order valence-electron chi connectivity index (χ1n) is 11.1. The molecular weight excluding hydrogens is 522 g/mol. The van der Waals surface area contributed by atoms with Gasteiger partial charge in [0.05, 0.1) is 16.5 Å². The van der Waals surface area contributed by atoms with E-state index >= 15 is 0 Å². The lowest BCUT2D eigenvalue weighted by Crippen LogP contribution is -2.42. The summed E-state index contributed by atoms with van der Waals surface area (Å²) < 4.78 is 11.9. The molecule has 0 saturated carbocycles. The van der Waals surface area contributed by atoms with Crippen LogP contribution in [0.2, 0.25) is 0 Å². The van der Waals surface area contributed by atoms with Crippen LogP contribution >= 0.6 is 27.3 Å². The van der Waals surface area contributed by atoms with Crippen LogP contribution in [0.4, 0.5) is 11.4 Å². The van der Waals surface area contributed by atoms with Crippen LogP contribution in [-0.4, -0.2) is 67.7 Å². The van der Waals surface area contributed by atoms with Gasteiger partial charge < -0.3 is 24.6 Å². The van der Waals surface area contributed by atoms with Crippen molar-refractivity contribution in [3.8, 4) is 0 Å². The maximum absolute atomic E-state index is 13.1. The minimum atomic E-state index is -0.635. The average molecular weight is 548 g/mol. The van der Waals surface area contributed by atoms with Crippen LogP contribution in [0, 0.1) is 0 Å². The number of hydrogen-bond acceptors (Lipinski definition) is 6. The SMILES string of the molecule is CCO[C@@H]1C[C@H](C(=O)Nc2ccc(N3CCOCC3=O)cc2)N(C(=O)C=Cc2ccc(Br)s2)C1. The van der Waals surface area contributed by atoms with Gasteiger partial charge in [-0.2, -0.15) is 0 Å². The van der Waals surface area contributed by atoms with Gasteiger partial charge in [0.15, 0.2) is 0 Å². The first-order chi connectivity index (χ1) is 16.4. The van der Waals surface area contributed by atoms with Crippen molar-refractivity contribution in [2.75, 3.05) is 43.1 Å². The summed E-state index contributed by atoms with van der Waals surface area (Å²) >= 11 is 4.94. The molecule has 10 heteroatoms. The molecule has 0 spiro atoms. The quantitative estimate of drug-likeness (QED) is 0.535. The molecular formula is C24H26BrN3O5S. The molecule has 0 unspecified atom stereocenters. The number of rotatable bonds is 7. The van der Waals surface area contributed by atoms with Crippen LogP contribution < -0.4 is 10.2 Å². The van der Waals surface area contributed by atoms with E-state index in [4.69, 9.17) is 9.47 Å². The van der Waals surface area contributed by atoms with Crippen LogP contribution in [0.3, 0.4) is 0 Å². The zero-order chi connectivity index (χ0) is 24.1. The fraction of sp³-hybridized carbons (Fsp3) is 0.375. The van der Waals surface area contributed by atoms with Gasteiger partial charge in [0.2, 0.25) is 11.8 Å². The van der Waals surface area contributed by atoms with Crippen molar-refractivity contribution in [1.29, 1.82) is 0 Å². The van der Waals surface area contributed by atoms with Crippen molar-refractivity contribution in [3.05, 3.63) is 51.1 Å². The highest BCUT2D eigenvalue weighted by atomic mass is 79.9. The molecule has 2 atom stereocenters. The molecule has 3 heterocycles. The van der Waals surface area contributed by atoms with Crippen LogP contribution in [0.15, 0.2) is 46.3 Å². The van der Waals surface area contributed by atoms with Crippen LogP contribution in [0.5, 0.6) is 0 Å². The number of nitrogens with zero attached hydrogens (tertiary/aromatic N) is 2. The van der Waals surface area contributed by atoms with Gasteiger partial charge in [-0.15, -0.1) is 11.3 Å². The van der Waals surface area contributed by atoms with Crippen molar-refractivity contribution in [2.24, 2.45) is 0 Å². The summed E-state index contributed by atoms with van der Waals surface area (Å²) in [6.45, 7) is 3.84.